The lowest BCUT2D eigenvalue weighted by atomic mass is 9.95. The number of aryl methyl sites for hydroxylation is 1. The number of halogens is 4. The molecule has 11 heteroatoms. The molecule has 2 N–H and O–H groups in total. The molecular weight excluding hydrogens is 498 g/mol. The minimum absolute atomic E-state index is 0.00505. The van der Waals surface area contributed by atoms with Gasteiger partial charge in [0.2, 0.25) is 0 Å². The van der Waals surface area contributed by atoms with Crippen molar-refractivity contribution in [2.75, 3.05) is 12.3 Å². The number of hydrogen-bond acceptors (Lipinski definition) is 4. The fourth-order valence-corrected chi connectivity index (χ4v) is 5.09. The molecule has 0 spiro atoms. The maximum atomic E-state index is 15.6. The number of benzene rings is 2. The third-order valence-corrected chi connectivity index (χ3v) is 7.28. The molecule has 1 aliphatic heterocycles. The van der Waals surface area contributed by atoms with E-state index in [1.807, 2.05) is 0 Å². The normalized spacial score (nSPS) is 21.3. The summed E-state index contributed by atoms with van der Waals surface area (Å²) < 4.78 is 87.7. The summed E-state index contributed by atoms with van der Waals surface area (Å²) in [6, 6.07) is 5.18. The zero-order valence-corrected chi connectivity index (χ0v) is 21.6. The van der Waals surface area contributed by atoms with Crippen LogP contribution in [0.1, 0.15) is 38.8 Å². The molecule has 1 heterocycles. The number of carbonyl (C=O) groups excluding carboxylic acids is 1. The third-order valence-electron chi connectivity index (χ3n) is 5.83. The summed E-state index contributed by atoms with van der Waals surface area (Å²) in [7, 11) is -3.60. The first-order valence-electron chi connectivity index (χ1n) is 11.5. The maximum absolute atomic E-state index is 15.6. The molecule has 1 aliphatic rings. The first kappa shape index (κ1) is 27.9. The van der Waals surface area contributed by atoms with Crippen LogP contribution >= 0.6 is 0 Å². The average Bonchev–Trinajstić information content (AvgIpc) is 2.97. The number of ether oxygens (including phenoxy) is 1. The van der Waals surface area contributed by atoms with Crippen LogP contribution in [-0.2, 0) is 21.1 Å². The van der Waals surface area contributed by atoms with Gasteiger partial charge in [-0.15, -0.1) is 0 Å². The smallest absolute Gasteiger partial charge is 0.410 e. The van der Waals surface area contributed by atoms with Gasteiger partial charge < -0.3 is 4.74 Å². The molecule has 3 rings (SSSR count). The van der Waals surface area contributed by atoms with Crippen molar-refractivity contribution < 1.29 is 31.3 Å². The largest absolute Gasteiger partial charge is 0.444 e. The molecule has 36 heavy (non-hydrogen) atoms. The molecule has 0 radical (unpaired) electrons. The molecule has 0 saturated carbocycles. The summed E-state index contributed by atoms with van der Waals surface area (Å²) in [5.74, 6) is -5.09. The minimum atomic E-state index is -3.60. The zero-order valence-electron chi connectivity index (χ0n) is 20.8. The molecule has 1 unspecified atom stereocenters. The fraction of sp³-hybridized carbons (Fsp3) is 0.480. The summed E-state index contributed by atoms with van der Waals surface area (Å²) in [4.78, 5) is 13.7. The highest BCUT2D eigenvalue weighted by Gasteiger charge is 2.57. The van der Waals surface area contributed by atoms with Crippen molar-refractivity contribution in [3.63, 3.8) is 0 Å². The van der Waals surface area contributed by atoms with Gasteiger partial charge >= 0.3 is 6.09 Å². The van der Waals surface area contributed by atoms with Gasteiger partial charge in [0.05, 0.1) is 12.6 Å². The highest BCUT2D eigenvalue weighted by Crippen LogP contribution is 2.37. The first-order valence-corrected chi connectivity index (χ1v) is 13.2. The Morgan fingerprint density at radius 3 is 2.50 bits per heavy atom. The first-order chi connectivity index (χ1) is 16.5. The molecule has 6 nitrogen and oxygen atoms in total. The quantitative estimate of drug-likeness (QED) is 0.473. The van der Waals surface area contributed by atoms with Crippen molar-refractivity contribution in [3.05, 3.63) is 59.2 Å². The Kier molecular flexibility index (Phi) is 7.76. The van der Waals surface area contributed by atoms with Crippen molar-refractivity contribution in [2.45, 2.75) is 64.6 Å². The van der Waals surface area contributed by atoms with Gasteiger partial charge in [0.15, 0.2) is 0 Å². The summed E-state index contributed by atoms with van der Waals surface area (Å²) in [6.45, 7) is 6.79. The summed E-state index contributed by atoms with van der Waals surface area (Å²) in [6.07, 6.45) is -1.40. The van der Waals surface area contributed by atoms with Crippen LogP contribution in [-0.4, -0.2) is 51.1 Å². The molecule has 3 atom stereocenters. The van der Waals surface area contributed by atoms with Crippen LogP contribution in [0.3, 0.4) is 0 Å². The number of hydrogen-bond donors (Lipinski definition) is 2. The SMILES string of the molecule is CCS(=N)(=O)N[C@@H]1[C@H](Cc2cccc(-c3cc(C)cc(F)c3)c2F)N(C(=O)OC(C)(C)C)CC1(F)F. The molecule has 1 amide bonds. The van der Waals surface area contributed by atoms with E-state index in [0.29, 0.717) is 5.56 Å². The highest BCUT2D eigenvalue weighted by molar-refractivity contribution is 7.90. The van der Waals surface area contributed by atoms with E-state index in [9.17, 15) is 13.4 Å². The molecule has 1 fully saturated rings. The van der Waals surface area contributed by atoms with Crippen LogP contribution < -0.4 is 4.72 Å². The monoisotopic (exact) mass is 529 g/mol. The summed E-state index contributed by atoms with van der Waals surface area (Å²) in [5, 5.41) is 0. The van der Waals surface area contributed by atoms with Gasteiger partial charge in [0.25, 0.3) is 5.92 Å². The number of alkyl halides is 2. The van der Waals surface area contributed by atoms with E-state index in [-0.39, 0.29) is 28.9 Å². The Hall–Kier alpha value is -2.66. The maximum Gasteiger partial charge on any atom is 0.410 e. The van der Waals surface area contributed by atoms with Crippen molar-refractivity contribution in [3.8, 4) is 11.1 Å². The number of nitrogens with one attached hydrogen (secondary N) is 2. The fourth-order valence-electron chi connectivity index (χ4n) is 4.18. The lowest BCUT2D eigenvalue weighted by Gasteiger charge is -2.31. The number of rotatable bonds is 6. The topological polar surface area (TPSA) is 82.5 Å². The van der Waals surface area contributed by atoms with Crippen molar-refractivity contribution in [2.24, 2.45) is 0 Å². The van der Waals surface area contributed by atoms with Crippen LogP contribution in [0.25, 0.3) is 11.1 Å². The molecule has 0 bridgehead atoms. The highest BCUT2D eigenvalue weighted by atomic mass is 32.2. The van der Waals surface area contributed by atoms with Crippen molar-refractivity contribution in [1.29, 1.82) is 4.78 Å². The zero-order chi connectivity index (χ0) is 27.1. The van der Waals surface area contributed by atoms with Gasteiger partial charge in [-0.2, -0.15) is 0 Å². The lowest BCUT2D eigenvalue weighted by molar-refractivity contribution is -0.0121. The van der Waals surface area contributed by atoms with Crippen LogP contribution in [0.5, 0.6) is 0 Å². The predicted molar refractivity (Wildman–Crippen MR) is 130 cm³/mol. The molecule has 0 aliphatic carbocycles. The van der Waals surface area contributed by atoms with Crippen molar-refractivity contribution >= 4 is 16.0 Å². The van der Waals surface area contributed by atoms with Gasteiger partial charge in [0, 0.05) is 11.3 Å². The summed E-state index contributed by atoms with van der Waals surface area (Å²) in [5.41, 5.74) is -0.0378. The molecular formula is C25H31F4N3O3S. The Labute approximate surface area is 209 Å². The van der Waals surface area contributed by atoms with Crippen molar-refractivity contribution in [1.82, 2.24) is 9.62 Å². The standard InChI is InChI=1S/C25H31F4N3O3S/c1-6-36(30,34)31-22-20(32(14-25(22,28)29)23(33)35-24(3,4)5)13-16-8-7-9-19(21(16)27)17-10-15(2)11-18(26)12-17/h7-12,20,22H,6,13-14H2,1-5H3,(H2,30,31,34)/t20-,22+,36?/m0/s1. The number of nitrogens with zero attached hydrogens (tertiary/aromatic N) is 1. The second kappa shape index (κ2) is 10.0. The molecule has 198 valence electrons. The van der Waals surface area contributed by atoms with Gasteiger partial charge in [-0.1, -0.05) is 31.2 Å². The third kappa shape index (κ3) is 6.36. The summed E-state index contributed by atoms with van der Waals surface area (Å²) >= 11 is 0. The Bertz CT molecular complexity index is 1230. The van der Waals surface area contributed by atoms with E-state index >= 15 is 13.2 Å². The van der Waals surface area contributed by atoms with E-state index in [1.165, 1.54) is 37.3 Å². The molecule has 2 aromatic rings. The van der Waals surface area contributed by atoms with Crippen LogP contribution in [0.15, 0.2) is 36.4 Å². The molecule has 0 aromatic heterocycles. The van der Waals surface area contributed by atoms with E-state index in [1.54, 1.807) is 33.8 Å². The Morgan fingerprint density at radius 1 is 1.25 bits per heavy atom. The van der Waals surface area contributed by atoms with Gasteiger partial charge in [-0.25, -0.2) is 36.1 Å². The van der Waals surface area contributed by atoms with E-state index < -0.39 is 57.8 Å². The number of carbonyl (C=O) groups is 1. The van der Waals surface area contributed by atoms with Crippen LogP contribution in [0.4, 0.5) is 22.4 Å². The molecule has 1 saturated heterocycles. The predicted octanol–water partition coefficient (Wildman–Crippen LogP) is 5.68. The van der Waals surface area contributed by atoms with E-state index in [2.05, 4.69) is 4.72 Å². The number of amides is 1. The van der Waals surface area contributed by atoms with E-state index in [0.717, 1.165) is 4.90 Å². The van der Waals surface area contributed by atoms with Crippen LogP contribution in [0, 0.1) is 23.3 Å². The minimum Gasteiger partial charge on any atom is -0.444 e. The van der Waals surface area contributed by atoms with Crippen LogP contribution in [0.2, 0.25) is 0 Å². The second-order valence-corrected chi connectivity index (χ2v) is 12.2. The Balaban J connectivity index is 2.06. The Morgan fingerprint density at radius 2 is 1.92 bits per heavy atom. The second-order valence-electron chi connectivity index (χ2n) is 10.00. The van der Waals surface area contributed by atoms with E-state index in [4.69, 9.17) is 9.52 Å². The average molecular weight is 530 g/mol. The number of likely N-dealkylation sites (tertiary alicyclic amines) is 1. The van der Waals surface area contributed by atoms with Gasteiger partial charge in [-0.3, -0.25) is 4.90 Å². The van der Waals surface area contributed by atoms with Gasteiger partial charge in [-0.05, 0) is 62.9 Å². The lowest BCUT2D eigenvalue weighted by Crippen LogP contribution is -2.52. The molecule has 2 aromatic carbocycles. The van der Waals surface area contributed by atoms with Gasteiger partial charge in [0.1, 0.15) is 33.2 Å².